The van der Waals surface area contributed by atoms with Gasteiger partial charge in [-0.1, -0.05) is 48.5 Å². The lowest BCUT2D eigenvalue weighted by atomic mass is 9.54. The topological polar surface area (TPSA) is 67.8 Å². The van der Waals surface area contributed by atoms with Crippen LogP contribution in [0.1, 0.15) is 47.7 Å². The van der Waals surface area contributed by atoms with Crippen molar-refractivity contribution in [3.05, 3.63) is 107 Å². The van der Waals surface area contributed by atoms with E-state index >= 15 is 0 Å². The van der Waals surface area contributed by atoms with Gasteiger partial charge in [-0.25, -0.2) is 9.37 Å². The molecule has 3 aliphatic rings. The highest BCUT2D eigenvalue weighted by atomic mass is 32.1. The van der Waals surface area contributed by atoms with Gasteiger partial charge in [0.2, 0.25) is 5.91 Å². The first-order valence-corrected chi connectivity index (χ1v) is 12.8. The number of anilines is 1. The van der Waals surface area contributed by atoms with E-state index in [1.54, 1.807) is 24.5 Å². The van der Waals surface area contributed by atoms with E-state index in [2.05, 4.69) is 27.4 Å². The number of fused-ring (bicyclic) bond motifs is 2. The van der Waals surface area contributed by atoms with E-state index in [4.69, 9.17) is 4.98 Å². The maximum absolute atomic E-state index is 14.3. The Bertz CT molecular complexity index is 1630. The van der Waals surface area contributed by atoms with E-state index < -0.39 is 5.41 Å². The Morgan fingerprint density at radius 3 is 2.53 bits per heavy atom. The summed E-state index contributed by atoms with van der Waals surface area (Å²) in [5.74, 6) is -0.485. The number of halogens is 1. The Hall–Kier alpha value is -3.97. The molecule has 8 rings (SSSR count). The van der Waals surface area contributed by atoms with Gasteiger partial charge in [0.05, 0.1) is 22.5 Å². The molecule has 0 spiro atoms. The number of hydrogen-bond acceptors (Lipinski definition) is 5. The average molecular weight is 493 g/mol. The minimum absolute atomic E-state index is 0.0306. The summed E-state index contributed by atoms with van der Waals surface area (Å²) in [6.07, 6.45) is 4.10. The molecular formula is C29H21FN4OS. The molecule has 1 amide bonds. The number of rotatable bonds is 3. The van der Waals surface area contributed by atoms with Crippen molar-refractivity contribution in [1.29, 1.82) is 0 Å². The van der Waals surface area contributed by atoms with E-state index in [0.29, 0.717) is 22.6 Å². The van der Waals surface area contributed by atoms with Crippen molar-refractivity contribution in [1.82, 2.24) is 15.0 Å². The molecule has 0 radical (unpaired) electrons. The molecule has 5 aromatic rings. The van der Waals surface area contributed by atoms with Crippen LogP contribution in [-0.2, 0) is 4.79 Å². The van der Waals surface area contributed by atoms with Crippen LogP contribution in [0.25, 0.3) is 22.0 Å². The Morgan fingerprint density at radius 2 is 1.69 bits per heavy atom. The predicted molar refractivity (Wildman–Crippen MR) is 139 cm³/mol. The molecule has 7 heteroatoms. The highest BCUT2D eigenvalue weighted by Gasteiger charge is 2.55. The first-order valence-electron chi connectivity index (χ1n) is 11.9. The van der Waals surface area contributed by atoms with Gasteiger partial charge in [-0.05, 0) is 42.0 Å². The molecule has 3 unspecified atom stereocenters. The van der Waals surface area contributed by atoms with Crippen molar-refractivity contribution in [3.8, 4) is 11.3 Å². The lowest BCUT2D eigenvalue weighted by Crippen LogP contribution is -2.47. The van der Waals surface area contributed by atoms with E-state index in [1.165, 1.54) is 23.0 Å². The lowest BCUT2D eigenvalue weighted by molar-refractivity contribution is -0.126. The maximum atomic E-state index is 14.3. The van der Waals surface area contributed by atoms with Crippen LogP contribution in [0, 0.1) is 11.2 Å². The Labute approximate surface area is 211 Å². The monoisotopic (exact) mass is 492 g/mol. The highest BCUT2D eigenvalue weighted by Crippen LogP contribution is 2.60. The molecule has 3 aliphatic carbocycles. The fourth-order valence-electron chi connectivity index (χ4n) is 6.03. The van der Waals surface area contributed by atoms with Crippen LogP contribution in [0.2, 0.25) is 0 Å². The number of aromatic nitrogens is 3. The molecule has 176 valence electrons. The Balaban J connectivity index is 1.24. The minimum Gasteiger partial charge on any atom is -0.301 e. The number of nitrogens with one attached hydrogen (secondary N) is 1. The minimum atomic E-state index is -0.698. The van der Waals surface area contributed by atoms with Crippen molar-refractivity contribution >= 4 is 33.1 Å². The first kappa shape index (κ1) is 21.3. The second-order valence-corrected chi connectivity index (χ2v) is 10.6. The fraction of sp³-hybridized carbons (Fsp3) is 0.172. The van der Waals surface area contributed by atoms with Gasteiger partial charge in [-0.2, -0.15) is 0 Å². The molecule has 3 aromatic carbocycles. The zero-order valence-electron chi connectivity index (χ0n) is 19.4. The molecule has 2 aromatic heterocycles. The quantitative estimate of drug-likeness (QED) is 0.311. The third-order valence-corrected chi connectivity index (χ3v) is 8.46. The van der Waals surface area contributed by atoms with Crippen molar-refractivity contribution in [2.75, 3.05) is 5.32 Å². The average Bonchev–Trinajstić information content (AvgIpc) is 3.37. The second-order valence-electron chi connectivity index (χ2n) is 9.70. The van der Waals surface area contributed by atoms with Crippen LogP contribution in [0.15, 0.2) is 78.4 Å². The molecule has 0 fully saturated rings. The van der Waals surface area contributed by atoms with Crippen LogP contribution < -0.4 is 5.32 Å². The van der Waals surface area contributed by atoms with Crippen LogP contribution >= 0.6 is 11.3 Å². The molecule has 2 heterocycles. The standard InChI is InChI=1S/C29H21FN4OS/c1-29(14-21-17-7-3-5-9-20(17)24(29)26-25(21)31-12-13-32-26)27(35)34-28-33-23(15-36-28)19-10-11-22(30)18-8-4-2-6-16(18)19/h2-13,15,21,24H,14H2,1H3,(H,33,34,35). The summed E-state index contributed by atoms with van der Waals surface area (Å²) in [5.41, 5.74) is 5.11. The normalized spacial score (nSPS) is 21.7. The molecule has 0 saturated carbocycles. The SMILES string of the molecule is CC1(C(=O)Nc2nc(-c3ccc(F)c4ccccc34)cs2)CC2c3ccccc3C1c1nccnc12. The Morgan fingerprint density at radius 1 is 0.972 bits per heavy atom. The largest absolute Gasteiger partial charge is 0.301 e. The third-order valence-electron chi connectivity index (χ3n) is 7.70. The molecular weight excluding hydrogens is 471 g/mol. The van der Waals surface area contributed by atoms with Crippen LogP contribution in [-0.4, -0.2) is 20.9 Å². The lowest BCUT2D eigenvalue weighted by Gasteiger charge is -2.49. The van der Waals surface area contributed by atoms with E-state index in [-0.39, 0.29) is 23.6 Å². The fourth-order valence-corrected chi connectivity index (χ4v) is 6.74. The number of amides is 1. The molecule has 0 saturated heterocycles. The summed E-state index contributed by atoms with van der Waals surface area (Å²) in [4.78, 5) is 27.9. The number of hydrogen-bond donors (Lipinski definition) is 1. The van der Waals surface area contributed by atoms with E-state index in [1.807, 2.05) is 42.6 Å². The number of thiazole rings is 1. The summed E-state index contributed by atoms with van der Waals surface area (Å²) in [5, 5.41) is 6.87. The van der Waals surface area contributed by atoms with Crippen LogP contribution in [0.3, 0.4) is 0 Å². The first-order chi connectivity index (χ1) is 17.5. The molecule has 5 nitrogen and oxygen atoms in total. The molecule has 1 N–H and O–H groups in total. The zero-order valence-corrected chi connectivity index (χ0v) is 20.2. The molecule has 3 atom stereocenters. The van der Waals surface area contributed by atoms with Gasteiger partial charge in [0, 0.05) is 40.6 Å². The smallest absolute Gasteiger partial charge is 0.233 e. The second kappa shape index (κ2) is 7.77. The number of carbonyl (C=O) groups excluding carboxylic acids is 1. The number of nitrogens with zero attached hydrogens (tertiary/aromatic N) is 3. The highest BCUT2D eigenvalue weighted by molar-refractivity contribution is 7.14. The summed E-state index contributed by atoms with van der Waals surface area (Å²) < 4.78 is 14.3. The molecule has 36 heavy (non-hydrogen) atoms. The summed E-state index contributed by atoms with van der Waals surface area (Å²) >= 11 is 1.37. The predicted octanol–water partition coefficient (Wildman–Crippen LogP) is 6.52. The van der Waals surface area contributed by atoms with Crippen molar-refractivity contribution in [2.24, 2.45) is 5.41 Å². The summed E-state index contributed by atoms with van der Waals surface area (Å²) in [7, 11) is 0. The van der Waals surface area contributed by atoms with Crippen LogP contribution in [0.4, 0.5) is 9.52 Å². The van der Waals surface area contributed by atoms with Gasteiger partial charge >= 0.3 is 0 Å². The summed E-state index contributed by atoms with van der Waals surface area (Å²) in [6, 6.07) is 18.9. The van der Waals surface area contributed by atoms with E-state index in [9.17, 15) is 9.18 Å². The van der Waals surface area contributed by atoms with Gasteiger partial charge in [-0.15, -0.1) is 11.3 Å². The van der Waals surface area contributed by atoms with Gasteiger partial charge in [-0.3, -0.25) is 14.8 Å². The summed E-state index contributed by atoms with van der Waals surface area (Å²) in [6.45, 7) is 2.02. The van der Waals surface area contributed by atoms with E-state index in [0.717, 1.165) is 27.9 Å². The maximum Gasteiger partial charge on any atom is 0.233 e. The Kier molecular flexibility index (Phi) is 4.60. The molecule has 2 bridgehead atoms. The third kappa shape index (κ3) is 2.99. The molecule has 0 aliphatic heterocycles. The number of benzene rings is 3. The van der Waals surface area contributed by atoms with Gasteiger partial charge < -0.3 is 5.32 Å². The van der Waals surface area contributed by atoms with Gasteiger partial charge in [0.1, 0.15) is 5.82 Å². The number of carbonyl (C=O) groups is 1. The van der Waals surface area contributed by atoms with Crippen LogP contribution in [0.5, 0.6) is 0 Å². The van der Waals surface area contributed by atoms with Crippen molar-refractivity contribution in [3.63, 3.8) is 0 Å². The van der Waals surface area contributed by atoms with Gasteiger partial charge in [0.25, 0.3) is 0 Å². The zero-order chi connectivity index (χ0) is 24.4. The van der Waals surface area contributed by atoms with Crippen molar-refractivity contribution < 1.29 is 9.18 Å². The van der Waals surface area contributed by atoms with Gasteiger partial charge in [0.15, 0.2) is 5.13 Å². The van der Waals surface area contributed by atoms with Crippen molar-refractivity contribution in [2.45, 2.75) is 25.2 Å².